The molecular weight excluding hydrogens is 348 g/mol. The fourth-order valence-corrected chi connectivity index (χ4v) is 2.18. The SMILES string of the molecule is CC(=O)Nc1ccc(NC(=O)COC(=O)CCCOc2ccccc2)cc1. The number of carbonyl (C=O) groups excluding carboxylic acids is 3. The third kappa shape index (κ3) is 8.04. The van der Waals surface area contributed by atoms with Gasteiger partial charge in [0.05, 0.1) is 6.61 Å². The molecule has 2 amide bonds. The van der Waals surface area contributed by atoms with Crippen LogP contribution < -0.4 is 15.4 Å². The van der Waals surface area contributed by atoms with Gasteiger partial charge in [0.2, 0.25) is 5.91 Å². The van der Waals surface area contributed by atoms with Crippen LogP contribution in [0.2, 0.25) is 0 Å². The molecule has 27 heavy (non-hydrogen) atoms. The van der Waals surface area contributed by atoms with E-state index in [1.54, 1.807) is 24.3 Å². The predicted molar refractivity (Wildman–Crippen MR) is 102 cm³/mol. The monoisotopic (exact) mass is 370 g/mol. The second-order valence-electron chi connectivity index (χ2n) is 5.73. The number of rotatable bonds is 9. The molecular formula is C20H22N2O5. The zero-order chi connectivity index (χ0) is 19.5. The maximum absolute atomic E-state index is 11.8. The first-order valence-corrected chi connectivity index (χ1v) is 8.54. The first-order chi connectivity index (χ1) is 13.0. The Labute approximate surface area is 157 Å². The van der Waals surface area contributed by atoms with Gasteiger partial charge in [0.15, 0.2) is 6.61 Å². The molecule has 2 aromatic rings. The van der Waals surface area contributed by atoms with Gasteiger partial charge >= 0.3 is 5.97 Å². The van der Waals surface area contributed by atoms with Gasteiger partial charge in [0.25, 0.3) is 5.91 Å². The highest BCUT2D eigenvalue weighted by molar-refractivity contribution is 5.93. The van der Waals surface area contributed by atoms with Crippen molar-refractivity contribution in [2.75, 3.05) is 23.8 Å². The molecule has 0 aliphatic heterocycles. The van der Waals surface area contributed by atoms with E-state index in [1.807, 2.05) is 30.3 Å². The molecule has 0 bridgehead atoms. The van der Waals surface area contributed by atoms with Crippen LogP contribution in [0.5, 0.6) is 5.75 Å². The van der Waals surface area contributed by atoms with Gasteiger partial charge in [-0.05, 0) is 42.8 Å². The lowest BCUT2D eigenvalue weighted by molar-refractivity contribution is -0.147. The van der Waals surface area contributed by atoms with Crippen LogP contribution in [0, 0.1) is 0 Å². The molecule has 7 nitrogen and oxygen atoms in total. The summed E-state index contributed by atoms with van der Waals surface area (Å²) < 4.78 is 10.4. The molecule has 0 radical (unpaired) electrons. The van der Waals surface area contributed by atoms with Crippen molar-refractivity contribution in [2.24, 2.45) is 0 Å². The van der Waals surface area contributed by atoms with E-state index in [1.165, 1.54) is 6.92 Å². The molecule has 0 saturated heterocycles. The Balaban J connectivity index is 1.61. The van der Waals surface area contributed by atoms with Crippen LogP contribution >= 0.6 is 0 Å². The first kappa shape index (κ1) is 20.0. The second kappa shape index (κ2) is 10.6. The molecule has 0 saturated carbocycles. The number of anilines is 2. The molecule has 2 N–H and O–H groups in total. The highest BCUT2D eigenvalue weighted by Crippen LogP contribution is 2.13. The summed E-state index contributed by atoms with van der Waals surface area (Å²) in [6, 6.07) is 15.9. The van der Waals surface area contributed by atoms with Crippen molar-refractivity contribution >= 4 is 29.2 Å². The van der Waals surface area contributed by atoms with Gasteiger partial charge in [0.1, 0.15) is 5.75 Å². The van der Waals surface area contributed by atoms with Crippen LogP contribution in [-0.4, -0.2) is 31.0 Å². The van der Waals surface area contributed by atoms with E-state index in [9.17, 15) is 14.4 Å². The third-order valence-corrected chi connectivity index (χ3v) is 3.39. The highest BCUT2D eigenvalue weighted by atomic mass is 16.5. The van der Waals surface area contributed by atoms with Gasteiger partial charge in [-0.25, -0.2) is 0 Å². The van der Waals surface area contributed by atoms with E-state index >= 15 is 0 Å². The van der Waals surface area contributed by atoms with Crippen molar-refractivity contribution in [1.29, 1.82) is 0 Å². The minimum Gasteiger partial charge on any atom is -0.494 e. The Morgan fingerprint density at radius 2 is 1.52 bits per heavy atom. The molecule has 7 heteroatoms. The quantitative estimate of drug-likeness (QED) is 0.523. The molecule has 0 unspecified atom stereocenters. The van der Waals surface area contributed by atoms with Crippen molar-refractivity contribution in [3.63, 3.8) is 0 Å². The Morgan fingerprint density at radius 1 is 0.889 bits per heavy atom. The zero-order valence-corrected chi connectivity index (χ0v) is 15.1. The molecule has 142 valence electrons. The summed E-state index contributed by atoms with van der Waals surface area (Å²) in [5.74, 6) is -0.318. The average Bonchev–Trinajstić information content (AvgIpc) is 2.65. The van der Waals surface area contributed by atoms with E-state index in [2.05, 4.69) is 10.6 Å². The van der Waals surface area contributed by atoms with E-state index in [4.69, 9.17) is 9.47 Å². The number of hydrogen-bond acceptors (Lipinski definition) is 5. The lowest BCUT2D eigenvalue weighted by Gasteiger charge is -2.08. The number of esters is 1. The van der Waals surface area contributed by atoms with Gasteiger partial charge in [-0.15, -0.1) is 0 Å². The molecule has 2 aromatic carbocycles. The van der Waals surface area contributed by atoms with Gasteiger partial charge in [-0.1, -0.05) is 18.2 Å². The van der Waals surface area contributed by atoms with Crippen LogP contribution in [0.15, 0.2) is 54.6 Å². The third-order valence-electron chi connectivity index (χ3n) is 3.39. The molecule has 0 aromatic heterocycles. The Morgan fingerprint density at radius 3 is 2.15 bits per heavy atom. The van der Waals surface area contributed by atoms with Crippen LogP contribution in [0.3, 0.4) is 0 Å². The van der Waals surface area contributed by atoms with Crippen molar-refractivity contribution in [1.82, 2.24) is 0 Å². The van der Waals surface area contributed by atoms with E-state index < -0.39 is 11.9 Å². The van der Waals surface area contributed by atoms with Crippen molar-refractivity contribution < 1.29 is 23.9 Å². The maximum atomic E-state index is 11.8. The number of benzene rings is 2. The van der Waals surface area contributed by atoms with Crippen LogP contribution in [-0.2, 0) is 19.1 Å². The van der Waals surface area contributed by atoms with Gasteiger partial charge in [0, 0.05) is 24.7 Å². The second-order valence-corrected chi connectivity index (χ2v) is 5.73. The first-order valence-electron chi connectivity index (χ1n) is 8.54. The minimum absolute atomic E-state index is 0.172. The summed E-state index contributed by atoms with van der Waals surface area (Å²) in [5, 5.41) is 5.24. The predicted octanol–water partition coefficient (Wildman–Crippen LogP) is 2.99. The van der Waals surface area contributed by atoms with Gasteiger partial charge < -0.3 is 20.1 Å². The highest BCUT2D eigenvalue weighted by Gasteiger charge is 2.08. The molecule has 0 aliphatic rings. The summed E-state index contributed by atoms with van der Waals surface area (Å²) >= 11 is 0. The van der Waals surface area contributed by atoms with Gasteiger partial charge in [-0.3, -0.25) is 14.4 Å². The van der Waals surface area contributed by atoms with E-state index in [0.29, 0.717) is 24.4 Å². The Kier molecular flexibility index (Phi) is 7.84. The number of carbonyl (C=O) groups is 3. The lowest BCUT2D eigenvalue weighted by atomic mass is 10.2. The summed E-state index contributed by atoms with van der Waals surface area (Å²) in [6.45, 7) is 1.45. The van der Waals surface area contributed by atoms with Crippen molar-refractivity contribution in [3.05, 3.63) is 54.6 Å². The summed E-state index contributed by atoms with van der Waals surface area (Å²) in [5.41, 5.74) is 1.17. The normalized spacial score (nSPS) is 9.96. The summed E-state index contributed by atoms with van der Waals surface area (Å²) in [4.78, 5) is 34.4. The fraction of sp³-hybridized carbons (Fsp3) is 0.250. The lowest BCUT2D eigenvalue weighted by Crippen LogP contribution is -2.21. The Hall–Kier alpha value is -3.35. The molecule has 0 aliphatic carbocycles. The van der Waals surface area contributed by atoms with Crippen LogP contribution in [0.1, 0.15) is 19.8 Å². The standard InChI is InChI=1S/C20H22N2O5/c1-15(23)21-16-9-11-17(12-10-16)22-19(24)14-27-20(25)8-5-13-26-18-6-3-2-4-7-18/h2-4,6-7,9-12H,5,8,13-14H2,1H3,(H,21,23)(H,22,24). The molecule has 0 spiro atoms. The fourth-order valence-electron chi connectivity index (χ4n) is 2.18. The number of ether oxygens (including phenoxy) is 2. The maximum Gasteiger partial charge on any atom is 0.306 e. The molecule has 0 heterocycles. The molecule has 0 fully saturated rings. The number of nitrogens with one attached hydrogen (secondary N) is 2. The smallest absolute Gasteiger partial charge is 0.306 e. The number of hydrogen-bond donors (Lipinski definition) is 2. The topological polar surface area (TPSA) is 93.7 Å². The number of para-hydroxylation sites is 1. The van der Waals surface area contributed by atoms with Gasteiger partial charge in [-0.2, -0.15) is 0 Å². The van der Waals surface area contributed by atoms with Crippen molar-refractivity contribution in [3.8, 4) is 5.75 Å². The molecule has 2 rings (SSSR count). The van der Waals surface area contributed by atoms with E-state index in [0.717, 1.165) is 5.75 Å². The minimum atomic E-state index is -0.456. The van der Waals surface area contributed by atoms with E-state index in [-0.39, 0.29) is 18.9 Å². The molecule has 0 atom stereocenters. The largest absolute Gasteiger partial charge is 0.494 e. The van der Waals surface area contributed by atoms with Crippen LogP contribution in [0.4, 0.5) is 11.4 Å². The summed E-state index contributed by atoms with van der Waals surface area (Å²) in [7, 11) is 0. The van der Waals surface area contributed by atoms with Crippen LogP contribution in [0.25, 0.3) is 0 Å². The number of amides is 2. The zero-order valence-electron chi connectivity index (χ0n) is 15.1. The van der Waals surface area contributed by atoms with Crippen molar-refractivity contribution in [2.45, 2.75) is 19.8 Å². The average molecular weight is 370 g/mol. The summed E-state index contributed by atoms with van der Waals surface area (Å²) in [6.07, 6.45) is 0.672. The Bertz CT molecular complexity index is 760.